The Morgan fingerprint density at radius 1 is 0.714 bits per heavy atom. The Kier molecular flexibility index (Phi) is 7.76. The van der Waals surface area contributed by atoms with Crippen LogP contribution in [0.5, 0.6) is 17.2 Å². The molecular weight excluding hydrogens is 495 g/mol. The molecule has 152 valence electrons. The monoisotopic (exact) mass is 505 g/mol. The first-order chi connectivity index (χ1) is 13.0. The highest BCUT2D eigenvalue weighted by molar-refractivity contribution is 6.67. The minimum Gasteiger partial charge on any atom is -0.493 e. The molecule has 0 bridgehead atoms. The van der Waals surface area contributed by atoms with Crippen molar-refractivity contribution in [3.63, 3.8) is 0 Å². The number of hydrogen-bond acceptors (Lipinski definition) is 6. The third-order valence-corrected chi connectivity index (χ3v) is 4.29. The number of hydrogen-bond donors (Lipinski definition) is 0. The summed E-state index contributed by atoms with van der Waals surface area (Å²) in [5, 5.41) is 0. The van der Waals surface area contributed by atoms with Gasteiger partial charge in [-0.1, -0.05) is 75.7 Å². The Morgan fingerprint density at radius 3 is 1.54 bits per heavy atom. The van der Waals surface area contributed by atoms with E-state index in [-0.39, 0.29) is 17.5 Å². The fourth-order valence-corrected chi connectivity index (χ4v) is 2.60. The van der Waals surface area contributed by atoms with Crippen molar-refractivity contribution in [3.05, 3.63) is 35.2 Å². The van der Waals surface area contributed by atoms with Crippen molar-refractivity contribution >= 4 is 81.8 Å². The van der Waals surface area contributed by atoms with Crippen molar-refractivity contribution in [1.29, 1.82) is 0 Å². The van der Waals surface area contributed by atoms with Crippen LogP contribution in [0.3, 0.4) is 0 Å². The van der Waals surface area contributed by atoms with Gasteiger partial charge in [0.25, 0.3) is 0 Å². The highest BCUT2D eigenvalue weighted by Gasteiger charge is 2.33. The molecule has 0 spiro atoms. The van der Waals surface area contributed by atoms with E-state index in [9.17, 15) is 0 Å². The van der Waals surface area contributed by atoms with Crippen LogP contribution >= 0.6 is 69.6 Å². The van der Waals surface area contributed by atoms with Crippen LogP contribution in [0.4, 0.5) is 0 Å². The average molecular weight is 508 g/mol. The number of alkyl halides is 6. The largest absolute Gasteiger partial charge is 0.493 e. The first kappa shape index (κ1) is 23.4. The molecule has 0 atom stereocenters. The van der Waals surface area contributed by atoms with Crippen LogP contribution in [-0.2, 0) is 7.59 Å². The molecule has 0 N–H and O–H groups in total. The maximum absolute atomic E-state index is 5.86. The summed E-state index contributed by atoms with van der Waals surface area (Å²) in [4.78, 5) is 12.1. The van der Waals surface area contributed by atoms with Gasteiger partial charge in [-0.05, 0) is 23.8 Å². The van der Waals surface area contributed by atoms with E-state index >= 15 is 0 Å². The lowest BCUT2D eigenvalue weighted by atomic mass is 10.1. The van der Waals surface area contributed by atoms with Crippen molar-refractivity contribution < 1.29 is 14.2 Å². The Bertz CT molecular complexity index is 824. The maximum Gasteiger partial charge on any atom is 0.250 e. The summed E-state index contributed by atoms with van der Waals surface area (Å²) < 4.78 is 12.1. The number of ether oxygens (including phenoxy) is 3. The van der Waals surface area contributed by atoms with Crippen molar-refractivity contribution in [2.75, 3.05) is 21.3 Å². The van der Waals surface area contributed by atoms with Crippen LogP contribution < -0.4 is 14.2 Å². The minimum absolute atomic E-state index is 0.117. The molecule has 0 unspecified atom stereocenters. The summed E-state index contributed by atoms with van der Waals surface area (Å²) in [5.41, 5.74) is 0.695. The first-order valence-electron chi connectivity index (χ1n) is 7.38. The Morgan fingerprint density at radius 2 is 1.18 bits per heavy atom. The number of aromatic nitrogens is 3. The summed E-state index contributed by atoms with van der Waals surface area (Å²) in [6.07, 6.45) is 3.20. The molecule has 0 saturated heterocycles. The lowest BCUT2D eigenvalue weighted by Gasteiger charge is -2.14. The minimum atomic E-state index is -1.93. The Labute approximate surface area is 191 Å². The standard InChI is InChI=1S/C16H13Cl6N3O3/c1-26-9-6-8(7-10(27-2)12(9)28-3)4-5-11-23-13(15(17,18)19)25-14(24-11)16(20,21)22/h4-7H,1-3H3. The predicted molar refractivity (Wildman–Crippen MR) is 113 cm³/mol. The molecule has 0 fully saturated rings. The van der Waals surface area contributed by atoms with E-state index in [1.165, 1.54) is 27.4 Å². The zero-order chi connectivity index (χ0) is 21.1. The Hall–Kier alpha value is -0.890. The van der Waals surface area contributed by atoms with E-state index in [0.717, 1.165) is 0 Å². The molecule has 0 radical (unpaired) electrons. The van der Waals surface area contributed by atoms with E-state index in [1.807, 2.05) is 0 Å². The number of benzene rings is 1. The van der Waals surface area contributed by atoms with E-state index in [2.05, 4.69) is 15.0 Å². The van der Waals surface area contributed by atoms with Crippen LogP contribution in [0.2, 0.25) is 0 Å². The van der Waals surface area contributed by atoms with Gasteiger partial charge >= 0.3 is 0 Å². The molecule has 12 heteroatoms. The average Bonchev–Trinajstić information content (AvgIpc) is 2.63. The SMILES string of the molecule is COc1cc(C=Cc2nc(C(Cl)(Cl)Cl)nc(C(Cl)(Cl)Cl)n2)cc(OC)c1OC. The molecule has 1 aromatic heterocycles. The number of rotatable bonds is 5. The molecule has 0 saturated carbocycles. The van der Waals surface area contributed by atoms with E-state index in [0.29, 0.717) is 22.8 Å². The molecule has 0 aliphatic rings. The molecular formula is C16H13Cl6N3O3. The van der Waals surface area contributed by atoms with Crippen LogP contribution in [-0.4, -0.2) is 36.3 Å². The van der Waals surface area contributed by atoms with Gasteiger partial charge in [0.2, 0.25) is 13.3 Å². The molecule has 0 amide bonds. The molecule has 28 heavy (non-hydrogen) atoms. The van der Waals surface area contributed by atoms with Gasteiger partial charge in [-0.15, -0.1) is 0 Å². The highest BCUT2D eigenvalue weighted by atomic mass is 35.6. The molecule has 2 rings (SSSR count). The topological polar surface area (TPSA) is 66.4 Å². The smallest absolute Gasteiger partial charge is 0.250 e. The first-order valence-corrected chi connectivity index (χ1v) is 9.65. The second-order valence-electron chi connectivity index (χ2n) is 5.13. The third-order valence-electron chi connectivity index (χ3n) is 3.27. The van der Waals surface area contributed by atoms with Crippen LogP contribution in [0.1, 0.15) is 23.0 Å². The van der Waals surface area contributed by atoms with E-state index < -0.39 is 7.59 Å². The summed E-state index contributed by atoms with van der Waals surface area (Å²) in [6.45, 7) is 0. The lowest BCUT2D eigenvalue weighted by molar-refractivity contribution is 0.324. The second-order valence-corrected chi connectivity index (χ2v) is 9.69. The second kappa shape index (κ2) is 9.28. The van der Waals surface area contributed by atoms with Crippen molar-refractivity contribution in [2.45, 2.75) is 7.59 Å². The molecule has 1 aromatic carbocycles. The fourth-order valence-electron chi connectivity index (χ4n) is 2.09. The van der Waals surface area contributed by atoms with E-state index in [4.69, 9.17) is 83.8 Å². The highest BCUT2D eigenvalue weighted by Crippen LogP contribution is 2.40. The van der Waals surface area contributed by atoms with Gasteiger partial charge in [-0.25, -0.2) is 15.0 Å². The quantitative estimate of drug-likeness (QED) is 0.482. The van der Waals surface area contributed by atoms with Gasteiger partial charge in [0.05, 0.1) is 21.3 Å². The van der Waals surface area contributed by atoms with E-state index in [1.54, 1.807) is 18.2 Å². The van der Waals surface area contributed by atoms with Crippen molar-refractivity contribution in [3.8, 4) is 17.2 Å². The lowest BCUT2D eigenvalue weighted by Crippen LogP contribution is -2.16. The van der Waals surface area contributed by atoms with Crippen LogP contribution in [0.25, 0.3) is 12.2 Å². The maximum atomic E-state index is 5.86. The Balaban J connectivity index is 2.51. The van der Waals surface area contributed by atoms with Crippen LogP contribution in [0, 0.1) is 0 Å². The zero-order valence-corrected chi connectivity index (χ0v) is 19.2. The molecule has 1 heterocycles. The van der Waals surface area contributed by atoms with Crippen LogP contribution in [0.15, 0.2) is 12.1 Å². The number of nitrogens with zero attached hydrogens (tertiary/aromatic N) is 3. The van der Waals surface area contributed by atoms with Gasteiger partial charge in [0, 0.05) is 0 Å². The summed E-state index contributed by atoms with van der Waals surface area (Å²) in [6, 6.07) is 3.45. The van der Waals surface area contributed by atoms with Crippen molar-refractivity contribution in [2.24, 2.45) is 0 Å². The molecule has 0 aliphatic heterocycles. The van der Waals surface area contributed by atoms with Gasteiger partial charge in [-0.3, -0.25) is 0 Å². The van der Waals surface area contributed by atoms with Gasteiger partial charge in [0.1, 0.15) is 0 Å². The normalized spacial score (nSPS) is 12.3. The van der Waals surface area contributed by atoms with Gasteiger partial charge in [-0.2, -0.15) is 0 Å². The zero-order valence-electron chi connectivity index (χ0n) is 14.6. The predicted octanol–water partition coefficient (Wildman–Crippen LogP) is 5.72. The summed E-state index contributed by atoms with van der Waals surface area (Å²) in [5.74, 6) is 1.16. The fraction of sp³-hybridized carbons (Fsp3) is 0.312. The number of halogens is 6. The molecule has 6 nitrogen and oxygen atoms in total. The summed E-state index contributed by atoms with van der Waals surface area (Å²) in [7, 11) is 4.53. The van der Waals surface area contributed by atoms with Gasteiger partial charge in [0.15, 0.2) is 29.0 Å². The summed E-state index contributed by atoms with van der Waals surface area (Å²) >= 11 is 35.2. The van der Waals surface area contributed by atoms with Crippen molar-refractivity contribution in [1.82, 2.24) is 15.0 Å². The third kappa shape index (κ3) is 5.81. The van der Waals surface area contributed by atoms with Gasteiger partial charge < -0.3 is 14.2 Å². The number of methoxy groups -OCH3 is 3. The molecule has 2 aromatic rings. The molecule has 0 aliphatic carbocycles.